The molecule has 17 heteroatoms. The number of hydrogen-bond acceptors (Lipinski definition) is 13. The maximum atomic E-state index is 12.9. The summed E-state index contributed by atoms with van der Waals surface area (Å²) in [6.45, 7) is 17.2. The van der Waals surface area contributed by atoms with Crippen molar-refractivity contribution in [1.29, 1.82) is 0 Å². The third kappa shape index (κ3) is 8.94. The van der Waals surface area contributed by atoms with E-state index < -0.39 is 0 Å². The van der Waals surface area contributed by atoms with Crippen molar-refractivity contribution in [3.63, 3.8) is 0 Å². The number of aromatic nitrogens is 6. The molecule has 5 aromatic rings. The fourth-order valence-electron chi connectivity index (χ4n) is 9.24. The van der Waals surface area contributed by atoms with E-state index in [1.165, 1.54) is 5.69 Å². The quantitative estimate of drug-likeness (QED) is 0.167. The molecule has 1 atom stereocenters. The lowest BCUT2D eigenvalue weighted by Crippen LogP contribution is -2.49. The second-order valence-corrected chi connectivity index (χ2v) is 18.3. The van der Waals surface area contributed by atoms with Crippen LogP contribution in [0.4, 0.5) is 27.8 Å². The first-order valence-corrected chi connectivity index (χ1v) is 22.1. The van der Waals surface area contributed by atoms with Crippen molar-refractivity contribution < 1.29 is 18.9 Å². The summed E-state index contributed by atoms with van der Waals surface area (Å²) in [6, 6.07) is 14.1. The number of nitrogens with one attached hydrogen (secondary N) is 3. The zero-order valence-electron chi connectivity index (χ0n) is 36.1. The molecular formula is C45H57N13O4. The molecule has 0 spiro atoms. The van der Waals surface area contributed by atoms with Gasteiger partial charge in [0.2, 0.25) is 5.91 Å². The summed E-state index contributed by atoms with van der Waals surface area (Å²) in [7, 11) is 0. The largest absolute Gasteiger partial charge is 0.372 e. The number of amides is 4. The van der Waals surface area contributed by atoms with Crippen molar-refractivity contribution >= 4 is 51.9 Å². The van der Waals surface area contributed by atoms with Crippen LogP contribution in [0, 0.1) is 11.8 Å². The molecule has 0 aliphatic carbocycles. The average molecular weight is 844 g/mol. The number of benzene rings is 1. The summed E-state index contributed by atoms with van der Waals surface area (Å²) in [4.78, 5) is 70.1. The zero-order valence-corrected chi connectivity index (χ0v) is 36.1. The number of carbonyl (C=O) groups is 3. The molecule has 4 amide bonds. The van der Waals surface area contributed by atoms with Crippen molar-refractivity contribution in [2.75, 3.05) is 85.0 Å². The molecule has 3 N–H and O–H groups in total. The van der Waals surface area contributed by atoms with Crippen LogP contribution < -0.4 is 30.2 Å². The second-order valence-electron chi connectivity index (χ2n) is 18.3. The van der Waals surface area contributed by atoms with E-state index in [4.69, 9.17) is 14.5 Å². The highest BCUT2D eigenvalue weighted by Crippen LogP contribution is 2.33. The Labute approximate surface area is 361 Å². The molecule has 4 fully saturated rings. The van der Waals surface area contributed by atoms with Gasteiger partial charge in [-0.1, -0.05) is 25.9 Å². The third-order valence-electron chi connectivity index (χ3n) is 13.1. The first kappa shape index (κ1) is 41.3. The van der Waals surface area contributed by atoms with Gasteiger partial charge in [0.15, 0.2) is 5.82 Å². The fourth-order valence-corrected chi connectivity index (χ4v) is 9.24. The van der Waals surface area contributed by atoms with E-state index in [9.17, 15) is 14.4 Å². The number of rotatable bonds is 10. The minimum absolute atomic E-state index is 0.00397. The van der Waals surface area contributed by atoms with Gasteiger partial charge >= 0.3 is 17.8 Å². The summed E-state index contributed by atoms with van der Waals surface area (Å²) in [5.41, 5.74) is 4.46. The van der Waals surface area contributed by atoms with Gasteiger partial charge in [-0.15, -0.1) is 0 Å². The number of urea groups is 1. The first-order valence-electron chi connectivity index (χ1n) is 22.1. The molecule has 0 radical (unpaired) electrons. The monoisotopic (exact) mass is 843 g/mol. The molecular weight excluding hydrogens is 787 g/mol. The average Bonchev–Trinajstić information content (AvgIpc) is 3.97. The van der Waals surface area contributed by atoms with Crippen molar-refractivity contribution in [3.8, 4) is 11.3 Å². The first-order chi connectivity index (χ1) is 29.9. The maximum absolute atomic E-state index is 12.9. The molecule has 8 heterocycles. The number of imide groups is 1. The Morgan fingerprint density at radius 2 is 1.58 bits per heavy atom. The lowest BCUT2D eigenvalue weighted by molar-refractivity contribution is -0.120. The van der Waals surface area contributed by atoms with Gasteiger partial charge in [-0.3, -0.25) is 24.7 Å². The number of hydrogen-bond donors (Lipinski definition) is 3. The summed E-state index contributed by atoms with van der Waals surface area (Å²) in [5, 5.41) is 10.5. The highest BCUT2D eigenvalue weighted by molar-refractivity contribution is 6.05. The van der Waals surface area contributed by atoms with Gasteiger partial charge in [0.05, 0.1) is 5.39 Å². The normalized spacial score (nSPS) is 19.3. The lowest BCUT2D eigenvalue weighted by atomic mass is 9.90. The van der Waals surface area contributed by atoms with E-state index in [2.05, 4.69) is 80.7 Å². The van der Waals surface area contributed by atoms with Crippen molar-refractivity contribution in [1.82, 2.24) is 45.6 Å². The molecule has 0 saturated carbocycles. The molecule has 62 heavy (non-hydrogen) atoms. The standard InChI is InChI=1S/C45H57N13O4/c1-29(49-41(60)42-52-43(53-62-42)45(2,3)4)31-13-18-57(19-14-31)40-35-25-36(50-39(35)47-28-48-40)32-5-10-37(46-26-32)56-23-21-54(22-24-56)27-30-11-16-55(17-12-30)33-6-8-34(9-7-33)58-20-15-38(59)51-44(58)61/h5-10,25-26,28-31H,11-24,27H2,1-4H3,(H,49,60)(H,47,48,50)(H,51,59,61)/t29-/m1/s1. The number of aromatic amines is 1. The molecule has 4 aromatic heterocycles. The Bertz CT molecular complexity index is 2370. The van der Waals surface area contributed by atoms with Gasteiger partial charge in [-0.05, 0) is 86.9 Å². The fraction of sp³-hybridized carbons (Fsp3) is 0.511. The van der Waals surface area contributed by atoms with Crippen LogP contribution in [0.5, 0.6) is 0 Å². The Balaban J connectivity index is 0.731. The molecule has 4 saturated heterocycles. The van der Waals surface area contributed by atoms with Gasteiger partial charge in [-0.25, -0.2) is 19.7 Å². The third-order valence-corrected chi connectivity index (χ3v) is 13.1. The highest BCUT2D eigenvalue weighted by atomic mass is 16.5. The Morgan fingerprint density at radius 1 is 0.855 bits per heavy atom. The maximum Gasteiger partial charge on any atom is 0.328 e. The summed E-state index contributed by atoms with van der Waals surface area (Å²) in [5.74, 6) is 2.86. The minimum atomic E-state index is -0.350. The van der Waals surface area contributed by atoms with Crippen LogP contribution in [0.3, 0.4) is 0 Å². The van der Waals surface area contributed by atoms with E-state index in [-0.39, 0.29) is 35.2 Å². The summed E-state index contributed by atoms with van der Waals surface area (Å²) < 4.78 is 5.26. The van der Waals surface area contributed by atoms with E-state index in [0.29, 0.717) is 30.6 Å². The van der Waals surface area contributed by atoms with Gasteiger partial charge in [0.25, 0.3) is 0 Å². The van der Waals surface area contributed by atoms with E-state index in [0.717, 1.165) is 124 Å². The van der Waals surface area contributed by atoms with Gasteiger partial charge < -0.3 is 29.5 Å². The number of nitrogens with zero attached hydrogens (tertiary/aromatic N) is 10. The van der Waals surface area contributed by atoms with Gasteiger partial charge in [0, 0.05) is 112 Å². The highest BCUT2D eigenvalue weighted by Gasteiger charge is 2.31. The molecule has 9 rings (SSSR count). The SMILES string of the molecule is C[C@@H](NC(=O)c1nc(C(C)(C)C)no1)C1CCN(c2ncnc3[nH]c(-c4ccc(N5CCN(CC6CCN(c7ccc(N8CCC(=O)NC8=O)cc7)CC6)CC5)nc4)cc23)CC1. The second kappa shape index (κ2) is 17.3. The number of piperazine rings is 1. The van der Waals surface area contributed by atoms with Crippen LogP contribution in [0.1, 0.15) is 76.3 Å². The van der Waals surface area contributed by atoms with E-state index in [1.807, 2.05) is 46.0 Å². The predicted octanol–water partition coefficient (Wildman–Crippen LogP) is 5.22. The van der Waals surface area contributed by atoms with Gasteiger partial charge in [-0.2, -0.15) is 4.98 Å². The van der Waals surface area contributed by atoms with Crippen LogP contribution in [-0.4, -0.2) is 124 Å². The molecule has 0 bridgehead atoms. The molecule has 4 aliphatic heterocycles. The van der Waals surface area contributed by atoms with Crippen LogP contribution in [0.15, 0.2) is 59.5 Å². The van der Waals surface area contributed by atoms with Crippen LogP contribution in [0.2, 0.25) is 0 Å². The number of H-pyrrole nitrogens is 1. The van der Waals surface area contributed by atoms with Crippen LogP contribution in [0.25, 0.3) is 22.3 Å². The minimum Gasteiger partial charge on any atom is -0.372 e. The van der Waals surface area contributed by atoms with Gasteiger partial charge in [0.1, 0.15) is 23.6 Å². The number of piperidine rings is 2. The van der Waals surface area contributed by atoms with E-state index >= 15 is 0 Å². The number of fused-ring (bicyclic) bond motifs is 1. The Morgan fingerprint density at radius 3 is 2.26 bits per heavy atom. The number of anilines is 4. The van der Waals surface area contributed by atoms with Crippen molar-refractivity contribution in [3.05, 3.63) is 66.7 Å². The summed E-state index contributed by atoms with van der Waals surface area (Å²) >= 11 is 0. The zero-order chi connectivity index (χ0) is 43.0. The molecule has 1 aromatic carbocycles. The van der Waals surface area contributed by atoms with Crippen molar-refractivity contribution in [2.24, 2.45) is 11.8 Å². The predicted molar refractivity (Wildman–Crippen MR) is 238 cm³/mol. The van der Waals surface area contributed by atoms with Crippen LogP contribution in [-0.2, 0) is 10.2 Å². The molecule has 0 unspecified atom stereocenters. The molecule has 4 aliphatic rings. The van der Waals surface area contributed by atoms with Crippen molar-refractivity contribution in [2.45, 2.75) is 71.3 Å². The van der Waals surface area contributed by atoms with Crippen LogP contribution >= 0.6 is 0 Å². The topological polar surface area (TPSA) is 185 Å². The smallest absolute Gasteiger partial charge is 0.328 e. The van der Waals surface area contributed by atoms with E-state index in [1.54, 1.807) is 11.2 Å². The number of carbonyl (C=O) groups excluding carboxylic acids is 3. The Kier molecular flexibility index (Phi) is 11.5. The molecule has 326 valence electrons. The molecule has 17 nitrogen and oxygen atoms in total. The lowest BCUT2D eigenvalue weighted by Gasteiger charge is -2.39. The summed E-state index contributed by atoms with van der Waals surface area (Å²) in [6.07, 6.45) is 8.03. The number of pyridine rings is 1. The Hall–Kier alpha value is -6.10.